The Morgan fingerprint density at radius 1 is 1.00 bits per heavy atom. The molecule has 4 heteroatoms. The zero-order chi connectivity index (χ0) is 15.0. The van der Waals surface area contributed by atoms with Gasteiger partial charge in [0.1, 0.15) is 0 Å². The molecule has 0 bridgehead atoms. The van der Waals surface area contributed by atoms with Gasteiger partial charge in [0.2, 0.25) is 12.2 Å². The first kappa shape index (κ1) is 13.2. The summed E-state index contributed by atoms with van der Waals surface area (Å²) in [6.45, 7) is 4.01. The van der Waals surface area contributed by atoms with Crippen molar-refractivity contribution in [1.82, 2.24) is 0 Å². The summed E-state index contributed by atoms with van der Waals surface area (Å²) in [6.07, 6.45) is 5.10. The van der Waals surface area contributed by atoms with Gasteiger partial charge in [-0.2, -0.15) is 9.98 Å². The Bertz CT molecular complexity index is 881. The maximum atomic E-state index is 10.7. The zero-order valence-corrected chi connectivity index (χ0v) is 11.7. The summed E-state index contributed by atoms with van der Waals surface area (Å²) in [7, 11) is 0. The molecule has 102 valence electrons. The third kappa shape index (κ3) is 1.86. The highest BCUT2D eigenvalue weighted by Crippen LogP contribution is 2.45. The molecule has 0 radical (unpaired) electrons. The maximum Gasteiger partial charge on any atom is 0.240 e. The Labute approximate surface area is 121 Å². The fourth-order valence-electron chi connectivity index (χ4n) is 2.89. The molecule has 0 unspecified atom stereocenters. The van der Waals surface area contributed by atoms with Gasteiger partial charge in [0, 0.05) is 10.8 Å². The van der Waals surface area contributed by atoms with E-state index in [1.807, 2.05) is 44.2 Å². The van der Waals surface area contributed by atoms with Gasteiger partial charge in [-0.15, -0.1) is 0 Å². The van der Waals surface area contributed by atoms with Crippen LogP contribution in [0.25, 0.3) is 16.8 Å². The first-order valence-corrected chi connectivity index (χ1v) is 6.53. The Kier molecular flexibility index (Phi) is 2.91. The second-order valence-electron chi connectivity index (χ2n) is 5.46. The van der Waals surface area contributed by atoms with Crippen LogP contribution < -0.4 is 0 Å². The van der Waals surface area contributed by atoms with E-state index in [0.717, 1.165) is 21.9 Å². The van der Waals surface area contributed by atoms with Crippen molar-refractivity contribution in [3.05, 3.63) is 47.2 Å². The molecule has 0 N–H and O–H groups in total. The zero-order valence-electron chi connectivity index (χ0n) is 11.7. The molecular weight excluding hydrogens is 264 g/mol. The largest absolute Gasteiger partial charge is 0.240 e. The van der Waals surface area contributed by atoms with Gasteiger partial charge in [0.25, 0.3) is 0 Å². The number of aliphatic imine (C=N–C) groups is 2. The molecule has 0 spiro atoms. The summed E-state index contributed by atoms with van der Waals surface area (Å²) < 4.78 is 0. The predicted molar refractivity (Wildman–Crippen MR) is 80.9 cm³/mol. The fourth-order valence-corrected chi connectivity index (χ4v) is 2.89. The lowest BCUT2D eigenvalue weighted by Crippen LogP contribution is -2.22. The van der Waals surface area contributed by atoms with Crippen molar-refractivity contribution in [2.45, 2.75) is 19.3 Å². The third-order valence-electron chi connectivity index (χ3n) is 3.99. The second kappa shape index (κ2) is 4.64. The van der Waals surface area contributed by atoms with Gasteiger partial charge in [-0.1, -0.05) is 38.1 Å². The Morgan fingerprint density at radius 3 is 2.48 bits per heavy atom. The van der Waals surface area contributed by atoms with Crippen LogP contribution in [0.15, 0.2) is 46.0 Å². The lowest BCUT2D eigenvalue weighted by molar-refractivity contribution is 0.559. The van der Waals surface area contributed by atoms with Gasteiger partial charge < -0.3 is 0 Å². The Hall–Kier alpha value is -2.80. The van der Waals surface area contributed by atoms with Crippen LogP contribution in [0.4, 0.5) is 5.69 Å². The van der Waals surface area contributed by atoms with Crippen LogP contribution in [0.5, 0.6) is 0 Å². The minimum absolute atomic E-state index is 0.409. The molecule has 0 aliphatic heterocycles. The fraction of sp³-hybridized carbons (Fsp3) is 0.176. The molecule has 1 aliphatic carbocycles. The van der Waals surface area contributed by atoms with E-state index in [2.05, 4.69) is 9.98 Å². The van der Waals surface area contributed by atoms with E-state index in [-0.39, 0.29) is 0 Å². The number of nitrogens with zero attached hydrogens (tertiary/aromatic N) is 2. The molecule has 21 heavy (non-hydrogen) atoms. The molecule has 0 saturated carbocycles. The van der Waals surface area contributed by atoms with Crippen LogP contribution in [0, 0.1) is 0 Å². The van der Waals surface area contributed by atoms with Gasteiger partial charge in [0.15, 0.2) is 0 Å². The van der Waals surface area contributed by atoms with E-state index < -0.39 is 5.41 Å². The maximum absolute atomic E-state index is 10.7. The van der Waals surface area contributed by atoms with Crippen LogP contribution in [0.3, 0.4) is 0 Å². The molecule has 0 amide bonds. The molecule has 1 aliphatic rings. The van der Waals surface area contributed by atoms with E-state index >= 15 is 0 Å². The Balaban J connectivity index is 2.47. The van der Waals surface area contributed by atoms with E-state index in [9.17, 15) is 9.59 Å². The lowest BCUT2D eigenvalue weighted by atomic mass is 9.74. The molecule has 0 fully saturated rings. The van der Waals surface area contributed by atoms with Crippen LogP contribution in [0.2, 0.25) is 0 Å². The van der Waals surface area contributed by atoms with E-state index in [0.29, 0.717) is 11.4 Å². The van der Waals surface area contributed by atoms with Crippen molar-refractivity contribution in [1.29, 1.82) is 0 Å². The number of carbonyl (C=O) groups excluding carboxylic acids is 2. The molecule has 2 aromatic carbocycles. The first-order valence-electron chi connectivity index (χ1n) is 6.53. The van der Waals surface area contributed by atoms with Crippen molar-refractivity contribution in [3.8, 4) is 0 Å². The second-order valence-corrected chi connectivity index (χ2v) is 5.46. The number of allylic oxidation sites excluding steroid dienone is 1. The summed E-state index contributed by atoms with van der Waals surface area (Å²) in [4.78, 5) is 28.9. The smallest absolute Gasteiger partial charge is 0.211 e. The summed E-state index contributed by atoms with van der Waals surface area (Å²) in [5.41, 5.74) is 2.86. The number of rotatable bonds is 2. The summed E-state index contributed by atoms with van der Waals surface area (Å²) >= 11 is 0. The van der Waals surface area contributed by atoms with Crippen molar-refractivity contribution in [2.75, 3.05) is 0 Å². The van der Waals surface area contributed by atoms with E-state index in [1.165, 1.54) is 0 Å². The van der Waals surface area contributed by atoms with Crippen molar-refractivity contribution in [3.63, 3.8) is 0 Å². The number of hydrogen-bond acceptors (Lipinski definition) is 4. The van der Waals surface area contributed by atoms with Crippen LogP contribution in [0.1, 0.15) is 25.0 Å². The van der Waals surface area contributed by atoms with Crippen LogP contribution in [-0.2, 0) is 15.0 Å². The third-order valence-corrected chi connectivity index (χ3v) is 3.99. The van der Waals surface area contributed by atoms with Gasteiger partial charge in [-0.3, -0.25) is 0 Å². The molecule has 3 rings (SSSR count). The molecule has 2 aromatic rings. The minimum atomic E-state index is -0.409. The number of isocyanates is 2. The van der Waals surface area contributed by atoms with Crippen molar-refractivity contribution in [2.24, 2.45) is 9.98 Å². The molecule has 0 atom stereocenters. The van der Waals surface area contributed by atoms with Crippen LogP contribution >= 0.6 is 0 Å². The van der Waals surface area contributed by atoms with Gasteiger partial charge >= 0.3 is 0 Å². The Morgan fingerprint density at radius 2 is 1.76 bits per heavy atom. The summed E-state index contributed by atoms with van der Waals surface area (Å²) in [5, 5.41) is 1.93. The molecule has 4 nitrogen and oxygen atoms in total. The van der Waals surface area contributed by atoms with E-state index in [4.69, 9.17) is 0 Å². The van der Waals surface area contributed by atoms with Gasteiger partial charge in [-0.05, 0) is 28.7 Å². The minimum Gasteiger partial charge on any atom is -0.211 e. The van der Waals surface area contributed by atoms with Crippen molar-refractivity contribution < 1.29 is 9.59 Å². The number of benzene rings is 2. The highest BCUT2D eigenvalue weighted by molar-refractivity contribution is 6.03. The highest BCUT2D eigenvalue weighted by atomic mass is 16.1. The van der Waals surface area contributed by atoms with Crippen molar-refractivity contribution >= 4 is 34.7 Å². The summed E-state index contributed by atoms with van der Waals surface area (Å²) in [5.74, 6) is 0. The topological polar surface area (TPSA) is 58.9 Å². The monoisotopic (exact) mass is 276 g/mol. The predicted octanol–water partition coefficient (Wildman–Crippen LogP) is 3.78. The molecule has 0 saturated heterocycles. The van der Waals surface area contributed by atoms with Gasteiger partial charge in [-0.25, -0.2) is 9.59 Å². The normalized spacial score (nSPS) is 14.9. The number of hydrogen-bond donors (Lipinski definition) is 0. The lowest BCUT2D eigenvalue weighted by Gasteiger charge is -2.31. The quantitative estimate of drug-likeness (QED) is 0.619. The van der Waals surface area contributed by atoms with E-state index in [1.54, 1.807) is 18.2 Å². The first-order chi connectivity index (χ1) is 10.1. The molecule has 0 heterocycles. The average molecular weight is 276 g/mol. The van der Waals surface area contributed by atoms with Crippen LogP contribution in [-0.4, -0.2) is 12.2 Å². The SMILES string of the molecule is CC1(C)C(N=C=O)=Cc2ccc(N=C=O)c3cccc1c23. The highest BCUT2D eigenvalue weighted by Gasteiger charge is 2.32. The molecular formula is C17H12N2O2. The standard InChI is InChI=1S/C17H12N2O2/c1-17(2)13-5-3-4-12-14(18-9-20)7-6-11(16(12)13)8-15(17)19-10-21/h3-8H,1-2H3. The average Bonchev–Trinajstić information content (AvgIpc) is 2.47. The summed E-state index contributed by atoms with van der Waals surface area (Å²) in [6, 6.07) is 9.49. The molecule has 0 aromatic heterocycles. The van der Waals surface area contributed by atoms with Gasteiger partial charge in [0.05, 0.1) is 11.4 Å².